The van der Waals surface area contributed by atoms with Crippen LogP contribution in [0.25, 0.3) is 0 Å². The Kier molecular flexibility index (Phi) is 10.3. The SMILES string of the molecule is CCN1CCN(c2ccc(N/C(=C/C(=N)N(C)C(=O)Nc3c(Cl)c(OC)cc(OC)c3Cl)NN)cc2)CC1. The van der Waals surface area contributed by atoms with Crippen LogP contribution in [0, 0.1) is 5.41 Å². The molecule has 1 aliphatic rings. The summed E-state index contributed by atoms with van der Waals surface area (Å²) < 4.78 is 10.4. The molecule has 0 aromatic heterocycles. The number of urea groups is 1. The number of amides is 2. The van der Waals surface area contributed by atoms with Crippen LogP contribution < -0.4 is 36.3 Å². The maximum Gasteiger partial charge on any atom is 0.327 e. The molecule has 1 fully saturated rings. The summed E-state index contributed by atoms with van der Waals surface area (Å²) in [6.07, 6.45) is 1.38. The van der Waals surface area contributed by atoms with Crippen molar-refractivity contribution in [3.63, 3.8) is 0 Å². The number of nitrogens with zero attached hydrogens (tertiary/aromatic N) is 3. The van der Waals surface area contributed by atoms with Gasteiger partial charge in [0.2, 0.25) is 0 Å². The normalized spacial score (nSPS) is 14.1. The van der Waals surface area contributed by atoms with E-state index < -0.39 is 6.03 Å². The quantitative estimate of drug-likeness (QED) is 0.133. The molecule has 11 nitrogen and oxygen atoms in total. The number of carbonyl (C=O) groups excluding carboxylic acids is 1. The Morgan fingerprint density at radius 3 is 2.16 bits per heavy atom. The molecule has 13 heteroatoms. The highest BCUT2D eigenvalue weighted by molar-refractivity contribution is 6.41. The molecular formula is C25H34Cl2N8O3. The summed E-state index contributed by atoms with van der Waals surface area (Å²) >= 11 is 12.7. The third-order valence-electron chi connectivity index (χ3n) is 6.24. The highest BCUT2D eigenvalue weighted by Crippen LogP contribution is 2.44. The number of anilines is 3. The van der Waals surface area contributed by atoms with Gasteiger partial charge >= 0.3 is 6.03 Å². The summed E-state index contributed by atoms with van der Waals surface area (Å²) in [5, 5.41) is 14.3. The number of likely N-dealkylation sites (N-methyl/N-ethyl adjacent to an activating group) is 2. The van der Waals surface area contributed by atoms with Gasteiger partial charge in [0, 0.05) is 56.7 Å². The summed E-state index contributed by atoms with van der Waals surface area (Å²) in [6.45, 7) is 7.32. The van der Waals surface area contributed by atoms with Crippen molar-refractivity contribution in [3.05, 3.63) is 52.3 Å². The number of methoxy groups -OCH3 is 2. The number of hydrazine groups is 1. The highest BCUT2D eigenvalue weighted by Gasteiger charge is 2.22. The highest BCUT2D eigenvalue weighted by atomic mass is 35.5. The van der Waals surface area contributed by atoms with Crippen LogP contribution in [0.3, 0.4) is 0 Å². The number of hydrogen-bond acceptors (Lipinski definition) is 9. The van der Waals surface area contributed by atoms with E-state index in [1.807, 2.05) is 24.3 Å². The summed E-state index contributed by atoms with van der Waals surface area (Å²) in [6, 6.07) is 8.81. The number of carbonyl (C=O) groups is 1. The number of amidine groups is 1. The molecule has 0 bridgehead atoms. The number of benzene rings is 2. The van der Waals surface area contributed by atoms with Crippen LogP contribution in [0.1, 0.15) is 6.92 Å². The summed E-state index contributed by atoms with van der Waals surface area (Å²) in [4.78, 5) is 18.7. The molecule has 2 aromatic carbocycles. The monoisotopic (exact) mass is 564 g/mol. The van der Waals surface area contributed by atoms with Gasteiger partial charge in [-0.15, -0.1) is 0 Å². The van der Waals surface area contributed by atoms with E-state index in [4.69, 9.17) is 43.9 Å². The molecular weight excluding hydrogens is 531 g/mol. The molecule has 1 saturated heterocycles. The molecule has 206 valence electrons. The first kappa shape index (κ1) is 29.2. The minimum absolute atomic E-state index is 0.101. The molecule has 6 N–H and O–H groups in total. The van der Waals surface area contributed by atoms with Crippen LogP contribution in [0.5, 0.6) is 11.5 Å². The molecule has 0 aliphatic carbocycles. The van der Waals surface area contributed by atoms with E-state index in [1.54, 1.807) is 0 Å². The lowest BCUT2D eigenvalue weighted by Gasteiger charge is -2.35. The Hall–Kier alpha value is -3.38. The molecule has 0 atom stereocenters. The van der Waals surface area contributed by atoms with Crippen molar-refractivity contribution < 1.29 is 14.3 Å². The zero-order chi connectivity index (χ0) is 27.8. The lowest BCUT2D eigenvalue weighted by atomic mass is 10.2. The van der Waals surface area contributed by atoms with Crippen LogP contribution in [-0.2, 0) is 0 Å². The van der Waals surface area contributed by atoms with Gasteiger partial charge in [-0.3, -0.25) is 10.3 Å². The average molecular weight is 566 g/mol. The van der Waals surface area contributed by atoms with Gasteiger partial charge in [-0.25, -0.2) is 10.6 Å². The van der Waals surface area contributed by atoms with Gasteiger partial charge in [-0.1, -0.05) is 30.1 Å². The largest absolute Gasteiger partial charge is 0.495 e. The van der Waals surface area contributed by atoms with E-state index in [1.165, 1.54) is 33.4 Å². The zero-order valence-electron chi connectivity index (χ0n) is 21.9. The topological polar surface area (TPSA) is 131 Å². The summed E-state index contributed by atoms with van der Waals surface area (Å²) in [5.74, 6) is 6.38. The van der Waals surface area contributed by atoms with Gasteiger partial charge < -0.3 is 35.3 Å². The third-order valence-corrected chi connectivity index (χ3v) is 6.99. The molecule has 1 heterocycles. The standard InChI is InChI=1S/C25H34Cl2N8O3/c1-5-34-10-12-35(13-11-34)17-8-6-16(7-9-17)30-21(32-29)15-20(28)33(2)25(36)31-24-22(26)18(37-3)14-19(38-4)23(24)27/h6-9,14-15,28,30,32H,5,10-13,29H2,1-4H3,(H,31,36)/b21-15-,28-20?. The fourth-order valence-electron chi connectivity index (χ4n) is 3.88. The molecule has 0 radical (unpaired) electrons. The van der Waals surface area contributed by atoms with E-state index in [2.05, 4.69) is 32.8 Å². The smallest absolute Gasteiger partial charge is 0.327 e. The molecule has 0 unspecified atom stereocenters. The molecule has 1 aliphatic heterocycles. The number of nitrogens with two attached hydrogens (primary N) is 1. The molecule has 0 saturated carbocycles. The van der Waals surface area contributed by atoms with Gasteiger partial charge in [0.1, 0.15) is 33.2 Å². The molecule has 38 heavy (non-hydrogen) atoms. The Bertz CT molecular complexity index is 1140. The fraction of sp³-hybridized carbons (Fsp3) is 0.360. The van der Waals surface area contributed by atoms with E-state index >= 15 is 0 Å². The van der Waals surface area contributed by atoms with E-state index in [9.17, 15) is 4.79 Å². The molecule has 0 spiro atoms. The minimum Gasteiger partial charge on any atom is -0.495 e. The van der Waals surface area contributed by atoms with E-state index in [0.29, 0.717) is 5.82 Å². The van der Waals surface area contributed by atoms with Crippen LogP contribution >= 0.6 is 23.2 Å². The lowest BCUT2D eigenvalue weighted by molar-refractivity contribution is 0.239. The minimum atomic E-state index is -0.658. The number of ether oxygens (including phenoxy) is 2. The predicted octanol–water partition coefficient (Wildman–Crippen LogP) is 4.01. The van der Waals surface area contributed by atoms with Crippen LogP contribution in [0.2, 0.25) is 10.0 Å². The van der Waals surface area contributed by atoms with Gasteiger partial charge in [-0.05, 0) is 30.8 Å². The second-order valence-corrected chi connectivity index (χ2v) is 9.21. The van der Waals surface area contributed by atoms with Gasteiger partial charge in [-0.2, -0.15) is 0 Å². The van der Waals surface area contributed by atoms with Crippen molar-refractivity contribution in [1.29, 1.82) is 5.41 Å². The van der Waals surface area contributed by atoms with Gasteiger partial charge in [0.05, 0.1) is 19.9 Å². The Morgan fingerprint density at radius 1 is 1.08 bits per heavy atom. The van der Waals surface area contributed by atoms with Crippen molar-refractivity contribution in [1.82, 2.24) is 15.2 Å². The van der Waals surface area contributed by atoms with Crippen molar-refractivity contribution in [2.45, 2.75) is 6.92 Å². The number of hydrogen-bond donors (Lipinski definition) is 5. The predicted molar refractivity (Wildman–Crippen MR) is 154 cm³/mol. The molecule has 2 amide bonds. The first-order valence-corrected chi connectivity index (χ1v) is 12.7. The number of nitrogens with one attached hydrogen (secondary N) is 4. The van der Waals surface area contributed by atoms with E-state index in [-0.39, 0.29) is 33.1 Å². The zero-order valence-corrected chi connectivity index (χ0v) is 23.4. The summed E-state index contributed by atoms with van der Waals surface area (Å²) in [5.41, 5.74) is 4.54. The van der Waals surface area contributed by atoms with Crippen molar-refractivity contribution in [3.8, 4) is 11.5 Å². The first-order chi connectivity index (χ1) is 18.2. The van der Waals surface area contributed by atoms with Crippen molar-refractivity contribution >= 4 is 52.1 Å². The lowest BCUT2D eigenvalue weighted by Crippen LogP contribution is -2.46. The number of rotatable bonds is 9. The van der Waals surface area contributed by atoms with Crippen LogP contribution in [0.15, 0.2) is 42.2 Å². The first-order valence-electron chi connectivity index (χ1n) is 12.0. The Labute approximate surface area is 232 Å². The maximum atomic E-state index is 12.9. The van der Waals surface area contributed by atoms with Gasteiger partial charge in [0.25, 0.3) is 0 Å². The average Bonchev–Trinajstić information content (AvgIpc) is 2.94. The van der Waals surface area contributed by atoms with E-state index in [0.717, 1.165) is 49.0 Å². The molecule has 2 aromatic rings. The number of halogens is 2. The second-order valence-electron chi connectivity index (χ2n) is 8.45. The van der Waals surface area contributed by atoms with Crippen LogP contribution in [0.4, 0.5) is 21.9 Å². The summed E-state index contributed by atoms with van der Waals surface area (Å²) in [7, 11) is 4.29. The van der Waals surface area contributed by atoms with Gasteiger partial charge in [0.15, 0.2) is 0 Å². The van der Waals surface area contributed by atoms with Crippen molar-refractivity contribution in [2.75, 3.05) is 69.5 Å². The maximum absolute atomic E-state index is 12.9. The Balaban J connectivity index is 1.66. The Morgan fingerprint density at radius 2 is 1.66 bits per heavy atom. The number of piperazine rings is 1. The van der Waals surface area contributed by atoms with Crippen LogP contribution in [-0.4, -0.2) is 75.7 Å². The third kappa shape index (κ3) is 6.93. The second kappa shape index (κ2) is 13.4. The van der Waals surface area contributed by atoms with Crippen molar-refractivity contribution in [2.24, 2.45) is 5.84 Å². The molecule has 3 rings (SSSR count). The fourth-order valence-corrected chi connectivity index (χ4v) is 4.47.